The fourth-order valence-corrected chi connectivity index (χ4v) is 1.07. The second kappa shape index (κ2) is 10.9. The molecule has 0 heterocycles. The van der Waals surface area contributed by atoms with Gasteiger partial charge in [-0.3, -0.25) is 0 Å². The average Bonchev–Trinajstić information content (AvgIpc) is 2.18. The van der Waals surface area contributed by atoms with Gasteiger partial charge in [0.05, 0.1) is 0 Å². The summed E-state index contributed by atoms with van der Waals surface area (Å²) in [5, 5.41) is 11.3. The molecule has 0 amide bonds. The summed E-state index contributed by atoms with van der Waals surface area (Å²) in [6.07, 6.45) is 0.942. The lowest BCUT2D eigenvalue weighted by Gasteiger charge is -2.08. The Morgan fingerprint density at radius 2 is 1.56 bits per heavy atom. The molecule has 0 aliphatic heterocycles. The molecule has 2 N–H and O–H groups in total. The lowest BCUT2D eigenvalue weighted by Crippen LogP contribution is -2.23. The second-order valence-electron chi connectivity index (χ2n) is 3.97. The van der Waals surface area contributed by atoms with Gasteiger partial charge in [0.15, 0.2) is 0 Å². The first-order chi connectivity index (χ1) is 7.06. The van der Waals surface area contributed by atoms with Gasteiger partial charge in [0.2, 0.25) is 0 Å². The van der Waals surface area contributed by atoms with Gasteiger partial charge in [0.25, 0.3) is 0 Å². The standard InChI is InChI=1S/C10H15N.C3H8O.ClH/c1-9(11-2)8-10-6-4-3-5-7-10;1-3(2)4;/h3-7,9,11H,8H2,1-2H3;3-4H,1-2H3;1H/t9-;;/m0../s1. The van der Waals surface area contributed by atoms with E-state index in [1.54, 1.807) is 13.8 Å². The van der Waals surface area contributed by atoms with E-state index in [2.05, 4.69) is 36.5 Å². The molecular weight excluding hydrogens is 222 g/mol. The Bertz CT molecular complexity index is 236. The number of benzene rings is 1. The Hall–Kier alpha value is -0.570. The highest BCUT2D eigenvalue weighted by Gasteiger charge is 1.97. The van der Waals surface area contributed by atoms with Gasteiger partial charge in [-0.1, -0.05) is 30.3 Å². The predicted octanol–water partition coefficient (Wildman–Crippen LogP) is 2.65. The molecule has 1 aromatic rings. The molecule has 16 heavy (non-hydrogen) atoms. The molecule has 3 heteroatoms. The van der Waals surface area contributed by atoms with Crippen molar-refractivity contribution < 1.29 is 5.11 Å². The quantitative estimate of drug-likeness (QED) is 0.858. The van der Waals surface area contributed by atoms with Crippen LogP contribution in [0.1, 0.15) is 26.3 Å². The molecule has 0 bridgehead atoms. The van der Waals surface area contributed by atoms with Crippen molar-refractivity contribution in [3.05, 3.63) is 35.9 Å². The molecule has 0 spiro atoms. The van der Waals surface area contributed by atoms with Crippen LogP contribution in [0, 0.1) is 0 Å². The van der Waals surface area contributed by atoms with Gasteiger partial charge in [0, 0.05) is 12.1 Å². The molecule has 2 nitrogen and oxygen atoms in total. The first-order valence-electron chi connectivity index (χ1n) is 5.45. The number of aliphatic hydroxyl groups is 1. The second-order valence-corrected chi connectivity index (χ2v) is 3.97. The van der Waals surface area contributed by atoms with Crippen molar-refractivity contribution in [2.45, 2.75) is 39.3 Å². The van der Waals surface area contributed by atoms with Crippen molar-refractivity contribution in [3.63, 3.8) is 0 Å². The van der Waals surface area contributed by atoms with E-state index in [1.807, 2.05) is 13.1 Å². The summed E-state index contributed by atoms with van der Waals surface area (Å²) in [5.74, 6) is 0. The van der Waals surface area contributed by atoms with Crippen molar-refractivity contribution in [2.24, 2.45) is 0 Å². The molecule has 0 radical (unpaired) electrons. The maximum Gasteiger partial charge on any atom is 0.0483 e. The molecule has 0 saturated carbocycles. The average molecular weight is 246 g/mol. The Labute approximate surface area is 105 Å². The SMILES string of the molecule is CC(C)O.CN[C@@H](C)Cc1ccccc1.Cl. The Morgan fingerprint density at radius 3 is 1.94 bits per heavy atom. The minimum Gasteiger partial charge on any atom is -0.394 e. The molecule has 0 unspecified atom stereocenters. The highest BCUT2D eigenvalue weighted by molar-refractivity contribution is 5.85. The van der Waals surface area contributed by atoms with Crippen molar-refractivity contribution >= 4 is 12.4 Å². The number of rotatable bonds is 3. The van der Waals surface area contributed by atoms with Gasteiger partial charge >= 0.3 is 0 Å². The summed E-state index contributed by atoms with van der Waals surface area (Å²) < 4.78 is 0. The summed E-state index contributed by atoms with van der Waals surface area (Å²) in [7, 11) is 1.99. The third-order valence-electron chi connectivity index (χ3n) is 1.88. The lowest BCUT2D eigenvalue weighted by molar-refractivity contribution is 0.216. The van der Waals surface area contributed by atoms with Crippen LogP contribution < -0.4 is 5.32 Å². The molecule has 0 aromatic heterocycles. The van der Waals surface area contributed by atoms with Crippen molar-refractivity contribution in [3.8, 4) is 0 Å². The lowest BCUT2D eigenvalue weighted by atomic mass is 10.1. The van der Waals surface area contributed by atoms with E-state index >= 15 is 0 Å². The van der Waals surface area contributed by atoms with Gasteiger partial charge < -0.3 is 10.4 Å². The third kappa shape index (κ3) is 11.5. The van der Waals surface area contributed by atoms with Crippen molar-refractivity contribution in [1.29, 1.82) is 0 Å². The van der Waals surface area contributed by atoms with E-state index in [-0.39, 0.29) is 18.5 Å². The smallest absolute Gasteiger partial charge is 0.0483 e. The van der Waals surface area contributed by atoms with Crippen LogP contribution in [0.25, 0.3) is 0 Å². The summed E-state index contributed by atoms with van der Waals surface area (Å²) in [4.78, 5) is 0. The van der Waals surface area contributed by atoms with Crippen LogP contribution in [-0.2, 0) is 6.42 Å². The van der Waals surface area contributed by atoms with Crippen molar-refractivity contribution in [1.82, 2.24) is 5.32 Å². The molecule has 0 saturated heterocycles. The number of halogens is 1. The number of hydrogen-bond donors (Lipinski definition) is 2. The number of hydrogen-bond acceptors (Lipinski definition) is 2. The van der Waals surface area contributed by atoms with Crippen LogP contribution >= 0.6 is 12.4 Å². The van der Waals surface area contributed by atoms with E-state index < -0.39 is 0 Å². The number of nitrogens with one attached hydrogen (secondary N) is 1. The van der Waals surface area contributed by atoms with E-state index in [1.165, 1.54) is 5.56 Å². The summed E-state index contributed by atoms with van der Waals surface area (Å²) >= 11 is 0. The third-order valence-corrected chi connectivity index (χ3v) is 1.88. The van der Waals surface area contributed by atoms with Gasteiger partial charge in [-0.2, -0.15) is 0 Å². The molecular formula is C13H24ClNO. The Morgan fingerprint density at radius 1 is 1.12 bits per heavy atom. The van der Waals surface area contributed by atoms with E-state index in [9.17, 15) is 0 Å². The largest absolute Gasteiger partial charge is 0.394 e. The van der Waals surface area contributed by atoms with Crippen LogP contribution in [0.2, 0.25) is 0 Å². The molecule has 94 valence electrons. The summed E-state index contributed by atoms with van der Waals surface area (Å²) in [6.45, 7) is 5.63. The Kier molecular flexibility index (Phi) is 12.2. The van der Waals surface area contributed by atoms with Crippen LogP contribution in [0.4, 0.5) is 0 Å². The molecule has 1 atom stereocenters. The first kappa shape index (κ1) is 17.8. The number of aliphatic hydroxyl groups excluding tert-OH is 1. The van der Waals surface area contributed by atoms with Gasteiger partial charge in [-0.15, -0.1) is 12.4 Å². The van der Waals surface area contributed by atoms with Crippen LogP contribution in [0.3, 0.4) is 0 Å². The highest BCUT2D eigenvalue weighted by Crippen LogP contribution is 2.01. The monoisotopic (exact) mass is 245 g/mol. The predicted molar refractivity (Wildman–Crippen MR) is 73.3 cm³/mol. The van der Waals surface area contributed by atoms with E-state index in [0.717, 1.165) is 6.42 Å². The maximum absolute atomic E-state index is 8.06. The van der Waals surface area contributed by atoms with Crippen LogP contribution in [-0.4, -0.2) is 24.3 Å². The Balaban J connectivity index is 0. The zero-order valence-corrected chi connectivity index (χ0v) is 11.4. The summed E-state index contributed by atoms with van der Waals surface area (Å²) in [6, 6.07) is 11.1. The summed E-state index contributed by atoms with van der Waals surface area (Å²) in [5.41, 5.74) is 1.40. The minimum absolute atomic E-state index is 0. The number of likely N-dealkylation sites (N-methyl/N-ethyl adjacent to an activating group) is 1. The van der Waals surface area contributed by atoms with Crippen molar-refractivity contribution in [2.75, 3.05) is 7.05 Å². The fraction of sp³-hybridized carbons (Fsp3) is 0.538. The zero-order valence-electron chi connectivity index (χ0n) is 10.6. The topological polar surface area (TPSA) is 32.3 Å². The highest BCUT2D eigenvalue weighted by atomic mass is 35.5. The van der Waals surface area contributed by atoms with Gasteiger partial charge in [0.1, 0.15) is 0 Å². The van der Waals surface area contributed by atoms with E-state index in [4.69, 9.17) is 5.11 Å². The van der Waals surface area contributed by atoms with E-state index in [0.29, 0.717) is 6.04 Å². The van der Waals surface area contributed by atoms with Gasteiger partial charge in [-0.05, 0) is 39.8 Å². The molecule has 0 aliphatic carbocycles. The van der Waals surface area contributed by atoms with Crippen LogP contribution in [0.5, 0.6) is 0 Å². The molecule has 1 rings (SSSR count). The molecule has 0 fully saturated rings. The zero-order chi connectivity index (χ0) is 11.7. The molecule has 1 aromatic carbocycles. The maximum atomic E-state index is 8.06. The van der Waals surface area contributed by atoms with Crippen LogP contribution in [0.15, 0.2) is 30.3 Å². The van der Waals surface area contributed by atoms with Gasteiger partial charge in [-0.25, -0.2) is 0 Å². The normalized spacial score (nSPS) is 11.1. The minimum atomic E-state index is -0.167. The fourth-order valence-electron chi connectivity index (χ4n) is 1.07. The molecule has 0 aliphatic rings. The first-order valence-corrected chi connectivity index (χ1v) is 5.45.